The van der Waals surface area contributed by atoms with E-state index in [9.17, 15) is 4.79 Å². The van der Waals surface area contributed by atoms with E-state index in [0.29, 0.717) is 18.6 Å². The highest BCUT2D eigenvalue weighted by molar-refractivity contribution is 9.10. The van der Waals surface area contributed by atoms with Crippen LogP contribution < -0.4 is 4.74 Å². The molecule has 2 aromatic carbocycles. The highest BCUT2D eigenvalue weighted by Crippen LogP contribution is 2.26. The van der Waals surface area contributed by atoms with Crippen LogP contribution in [0.4, 0.5) is 0 Å². The molecule has 0 atom stereocenters. The van der Waals surface area contributed by atoms with E-state index >= 15 is 0 Å². The lowest BCUT2D eigenvalue weighted by Crippen LogP contribution is -2.04. The minimum absolute atomic E-state index is 0.114. The summed E-state index contributed by atoms with van der Waals surface area (Å²) in [5, 5.41) is 0. The number of ether oxygens (including phenoxy) is 1. The zero-order valence-electron chi connectivity index (χ0n) is 12.4. The highest BCUT2D eigenvalue weighted by atomic mass is 79.9. The topological polar surface area (TPSA) is 26.3 Å². The molecular weight excluding hydrogens is 328 g/mol. The molecule has 2 aromatic rings. The van der Waals surface area contributed by atoms with E-state index in [1.54, 1.807) is 0 Å². The van der Waals surface area contributed by atoms with Gasteiger partial charge in [-0.2, -0.15) is 0 Å². The molecule has 21 heavy (non-hydrogen) atoms. The van der Waals surface area contributed by atoms with Gasteiger partial charge in [-0.15, -0.1) is 0 Å². The van der Waals surface area contributed by atoms with Crippen molar-refractivity contribution in [2.75, 3.05) is 6.61 Å². The zero-order valence-corrected chi connectivity index (χ0v) is 13.9. The van der Waals surface area contributed by atoms with Gasteiger partial charge in [0.2, 0.25) is 0 Å². The van der Waals surface area contributed by atoms with Crippen LogP contribution in [0.5, 0.6) is 5.75 Å². The molecule has 2 nitrogen and oxygen atoms in total. The van der Waals surface area contributed by atoms with E-state index in [-0.39, 0.29) is 5.78 Å². The van der Waals surface area contributed by atoms with Crippen LogP contribution in [0.2, 0.25) is 0 Å². The van der Waals surface area contributed by atoms with Crippen molar-refractivity contribution in [1.82, 2.24) is 0 Å². The maximum atomic E-state index is 12.3. The molecule has 0 fully saturated rings. The summed E-state index contributed by atoms with van der Waals surface area (Å²) in [5.41, 5.74) is 2.92. The average molecular weight is 347 g/mol. The Morgan fingerprint density at radius 1 is 1.19 bits per heavy atom. The van der Waals surface area contributed by atoms with Gasteiger partial charge in [-0.1, -0.05) is 36.8 Å². The summed E-state index contributed by atoms with van der Waals surface area (Å²) >= 11 is 3.47. The Labute approximate surface area is 134 Å². The first-order chi connectivity index (χ1) is 10.1. The lowest BCUT2D eigenvalue weighted by atomic mass is 10.0. The van der Waals surface area contributed by atoms with Crippen molar-refractivity contribution in [2.45, 2.75) is 26.7 Å². The SMILES string of the molecule is CCCOc1ccc(C(=O)Cc2cccc(C)c2)cc1Br. The predicted octanol–water partition coefficient (Wildman–Crippen LogP) is 4.97. The van der Waals surface area contributed by atoms with Crippen LogP contribution in [0.3, 0.4) is 0 Å². The molecule has 3 heteroatoms. The molecule has 2 rings (SSSR count). The lowest BCUT2D eigenvalue weighted by Gasteiger charge is -2.09. The maximum Gasteiger partial charge on any atom is 0.167 e. The molecule has 0 unspecified atom stereocenters. The van der Waals surface area contributed by atoms with Gasteiger partial charge in [0.05, 0.1) is 11.1 Å². The Morgan fingerprint density at radius 2 is 2.00 bits per heavy atom. The molecule has 0 aromatic heterocycles. The number of Topliss-reactive ketones (excluding diaryl/α,β-unsaturated/α-hetero) is 1. The Bertz CT molecular complexity index is 635. The number of hydrogen-bond acceptors (Lipinski definition) is 2. The maximum absolute atomic E-state index is 12.3. The van der Waals surface area contributed by atoms with Crippen LogP contribution >= 0.6 is 15.9 Å². The second-order valence-electron chi connectivity index (χ2n) is 5.08. The summed E-state index contributed by atoms with van der Waals surface area (Å²) in [4.78, 5) is 12.3. The van der Waals surface area contributed by atoms with Crippen molar-refractivity contribution >= 4 is 21.7 Å². The number of benzene rings is 2. The number of halogens is 1. The molecule has 0 heterocycles. The van der Waals surface area contributed by atoms with Crippen molar-refractivity contribution in [2.24, 2.45) is 0 Å². The quantitative estimate of drug-likeness (QED) is 0.690. The van der Waals surface area contributed by atoms with E-state index in [0.717, 1.165) is 22.2 Å². The van der Waals surface area contributed by atoms with E-state index in [1.807, 2.05) is 49.4 Å². The third-order valence-corrected chi connectivity index (χ3v) is 3.78. The molecule has 0 radical (unpaired) electrons. The smallest absolute Gasteiger partial charge is 0.167 e. The van der Waals surface area contributed by atoms with Gasteiger partial charge < -0.3 is 4.74 Å². The molecule has 0 N–H and O–H groups in total. The Balaban J connectivity index is 2.11. The third-order valence-electron chi connectivity index (χ3n) is 3.16. The van der Waals surface area contributed by atoms with Crippen molar-refractivity contribution in [3.8, 4) is 5.75 Å². The number of rotatable bonds is 6. The molecule has 0 amide bonds. The van der Waals surface area contributed by atoms with Gasteiger partial charge in [-0.25, -0.2) is 0 Å². The van der Waals surface area contributed by atoms with Gasteiger partial charge in [0.1, 0.15) is 5.75 Å². The summed E-state index contributed by atoms with van der Waals surface area (Å²) in [7, 11) is 0. The lowest BCUT2D eigenvalue weighted by molar-refractivity contribution is 0.0993. The Morgan fingerprint density at radius 3 is 2.67 bits per heavy atom. The fourth-order valence-electron chi connectivity index (χ4n) is 2.11. The van der Waals surface area contributed by atoms with Crippen molar-refractivity contribution in [3.05, 3.63) is 63.6 Å². The summed E-state index contributed by atoms with van der Waals surface area (Å²) in [6.45, 7) is 4.77. The zero-order chi connectivity index (χ0) is 15.2. The van der Waals surface area contributed by atoms with Gasteiger partial charge >= 0.3 is 0 Å². The summed E-state index contributed by atoms with van der Waals surface area (Å²) in [6, 6.07) is 13.6. The molecule has 0 aliphatic rings. The first-order valence-electron chi connectivity index (χ1n) is 7.11. The average Bonchev–Trinajstić information content (AvgIpc) is 2.46. The fourth-order valence-corrected chi connectivity index (χ4v) is 2.61. The van der Waals surface area contributed by atoms with Crippen LogP contribution in [0.15, 0.2) is 46.9 Å². The van der Waals surface area contributed by atoms with Crippen molar-refractivity contribution < 1.29 is 9.53 Å². The summed E-state index contributed by atoms with van der Waals surface area (Å²) in [5.74, 6) is 0.896. The number of hydrogen-bond donors (Lipinski definition) is 0. The van der Waals surface area contributed by atoms with Crippen LogP contribution in [-0.2, 0) is 6.42 Å². The molecule has 0 spiro atoms. The summed E-state index contributed by atoms with van der Waals surface area (Å²) < 4.78 is 6.42. The minimum Gasteiger partial charge on any atom is -0.492 e. The van der Waals surface area contributed by atoms with E-state index in [1.165, 1.54) is 5.56 Å². The van der Waals surface area contributed by atoms with Gasteiger partial charge in [-0.3, -0.25) is 4.79 Å². The van der Waals surface area contributed by atoms with Crippen LogP contribution in [-0.4, -0.2) is 12.4 Å². The van der Waals surface area contributed by atoms with Crippen molar-refractivity contribution in [3.63, 3.8) is 0 Å². The summed E-state index contributed by atoms with van der Waals surface area (Å²) in [6.07, 6.45) is 1.38. The molecule has 0 aliphatic heterocycles. The minimum atomic E-state index is 0.114. The third kappa shape index (κ3) is 4.43. The molecule has 0 saturated heterocycles. The first kappa shape index (κ1) is 15.8. The van der Waals surface area contributed by atoms with E-state index in [4.69, 9.17) is 4.74 Å². The van der Waals surface area contributed by atoms with Gasteiger partial charge in [0.15, 0.2) is 5.78 Å². The van der Waals surface area contributed by atoms with Crippen LogP contribution in [0, 0.1) is 6.92 Å². The van der Waals surface area contributed by atoms with Gasteiger partial charge in [0, 0.05) is 12.0 Å². The molecular formula is C18H19BrO2. The first-order valence-corrected chi connectivity index (χ1v) is 7.90. The van der Waals surface area contributed by atoms with Gasteiger partial charge in [0.25, 0.3) is 0 Å². The molecule has 0 bridgehead atoms. The standard InChI is InChI=1S/C18H19BrO2/c1-3-9-21-18-8-7-15(12-16(18)19)17(20)11-14-6-4-5-13(2)10-14/h4-8,10,12H,3,9,11H2,1-2H3. The Kier molecular flexibility index (Phi) is 5.57. The Hall–Kier alpha value is -1.61. The number of carbonyl (C=O) groups excluding carboxylic acids is 1. The number of ketones is 1. The van der Waals surface area contributed by atoms with Crippen LogP contribution in [0.25, 0.3) is 0 Å². The molecule has 0 saturated carbocycles. The second kappa shape index (κ2) is 7.41. The van der Waals surface area contributed by atoms with Crippen LogP contribution in [0.1, 0.15) is 34.8 Å². The highest BCUT2D eigenvalue weighted by Gasteiger charge is 2.10. The molecule has 110 valence electrons. The van der Waals surface area contributed by atoms with E-state index < -0.39 is 0 Å². The molecule has 0 aliphatic carbocycles. The number of aryl methyl sites for hydroxylation is 1. The second-order valence-corrected chi connectivity index (χ2v) is 5.94. The van der Waals surface area contributed by atoms with E-state index in [2.05, 4.69) is 22.9 Å². The normalized spacial score (nSPS) is 10.4. The van der Waals surface area contributed by atoms with Crippen molar-refractivity contribution in [1.29, 1.82) is 0 Å². The largest absolute Gasteiger partial charge is 0.492 e. The monoisotopic (exact) mass is 346 g/mol. The predicted molar refractivity (Wildman–Crippen MR) is 89.1 cm³/mol. The van der Waals surface area contributed by atoms with Gasteiger partial charge in [-0.05, 0) is 53.0 Å². The number of carbonyl (C=O) groups is 1. The fraction of sp³-hybridized carbons (Fsp3) is 0.278.